The zero-order chi connectivity index (χ0) is 24.3. The monoisotopic (exact) mass is 459 g/mol. The maximum absolute atomic E-state index is 12.4. The summed E-state index contributed by atoms with van der Waals surface area (Å²) in [4.78, 5) is 35.5. The Hall–Kier alpha value is -2.64. The van der Waals surface area contributed by atoms with Crippen molar-refractivity contribution < 1.29 is 44.3 Å². The van der Waals surface area contributed by atoms with E-state index in [-0.39, 0.29) is 12.8 Å². The highest BCUT2D eigenvalue weighted by molar-refractivity contribution is 5.83. The summed E-state index contributed by atoms with van der Waals surface area (Å²) in [6.45, 7) is -1.54. The minimum Gasteiger partial charge on any atom is -0.481 e. The molecule has 0 aliphatic heterocycles. The fourth-order valence-electron chi connectivity index (χ4n) is 2.91. The fourth-order valence-corrected chi connectivity index (χ4v) is 2.91. The number of rotatable bonds is 14. The van der Waals surface area contributed by atoms with Gasteiger partial charge >= 0.3 is 5.97 Å². The molecule has 11 nitrogen and oxygen atoms in total. The van der Waals surface area contributed by atoms with Gasteiger partial charge in [0.1, 0.15) is 12.2 Å². The predicted molar refractivity (Wildman–Crippen MR) is 110 cm³/mol. The van der Waals surface area contributed by atoms with Gasteiger partial charge < -0.3 is 41.9 Å². The highest BCUT2D eigenvalue weighted by atomic mass is 19.1. The second-order valence-corrected chi connectivity index (χ2v) is 7.23. The summed E-state index contributed by atoms with van der Waals surface area (Å²) in [5, 5.41) is 53.6. The highest BCUT2D eigenvalue weighted by Gasteiger charge is 2.37. The summed E-state index contributed by atoms with van der Waals surface area (Å²) in [7, 11) is 0. The van der Waals surface area contributed by atoms with Crippen LogP contribution < -0.4 is 16.4 Å². The summed E-state index contributed by atoms with van der Waals surface area (Å²) < 4.78 is 12.2. The third-order valence-electron chi connectivity index (χ3n) is 4.76. The van der Waals surface area contributed by atoms with Crippen LogP contribution in [0.2, 0.25) is 0 Å². The van der Waals surface area contributed by atoms with Crippen molar-refractivity contribution in [2.75, 3.05) is 13.3 Å². The molecule has 9 N–H and O–H groups in total. The van der Waals surface area contributed by atoms with Gasteiger partial charge in [0.2, 0.25) is 5.91 Å². The van der Waals surface area contributed by atoms with Gasteiger partial charge in [-0.2, -0.15) is 0 Å². The first-order valence-electron chi connectivity index (χ1n) is 9.96. The summed E-state index contributed by atoms with van der Waals surface area (Å²) >= 11 is 0. The molecule has 0 aliphatic carbocycles. The minimum absolute atomic E-state index is 0.00855. The summed E-state index contributed by atoms with van der Waals surface area (Å²) in [6, 6.07) is 4.42. The van der Waals surface area contributed by atoms with Crippen LogP contribution in [0.15, 0.2) is 30.3 Å². The van der Waals surface area contributed by atoms with Crippen molar-refractivity contribution in [3.05, 3.63) is 35.9 Å². The molecule has 0 aliphatic rings. The van der Waals surface area contributed by atoms with Crippen LogP contribution in [0.25, 0.3) is 0 Å². The molecule has 32 heavy (non-hydrogen) atoms. The molecule has 0 saturated heterocycles. The number of benzene rings is 1. The average molecular weight is 459 g/mol. The Balaban J connectivity index is 2.81. The van der Waals surface area contributed by atoms with E-state index < -0.39 is 73.9 Å². The molecule has 0 radical (unpaired) electrons. The zero-order valence-electron chi connectivity index (χ0n) is 17.3. The number of carbonyl (C=O) groups is 3. The van der Waals surface area contributed by atoms with Gasteiger partial charge in [0.25, 0.3) is 5.91 Å². The number of hydrogen-bond acceptors (Lipinski definition) is 8. The van der Waals surface area contributed by atoms with Crippen molar-refractivity contribution in [1.29, 1.82) is 0 Å². The maximum Gasteiger partial charge on any atom is 0.305 e. The lowest BCUT2D eigenvalue weighted by molar-refractivity contribution is -0.145. The van der Waals surface area contributed by atoms with Crippen LogP contribution in [0, 0.1) is 0 Å². The summed E-state index contributed by atoms with van der Waals surface area (Å²) in [5.74, 6) is -3.22. The van der Waals surface area contributed by atoms with Crippen LogP contribution in [0.4, 0.5) is 4.39 Å². The van der Waals surface area contributed by atoms with E-state index in [0.29, 0.717) is 5.56 Å². The second-order valence-electron chi connectivity index (χ2n) is 7.23. The fraction of sp³-hybridized carbons (Fsp3) is 0.550. The van der Waals surface area contributed by atoms with Gasteiger partial charge in [-0.3, -0.25) is 18.8 Å². The lowest BCUT2D eigenvalue weighted by atomic mass is 9.98. The van der Waals surface area contributed by atoms with Crippen LogP contribution in [-0.2, 0) is 14.4 Å². The number of carbonyl (C=O) groups excluding carboxylic acids is 2. The number of halogens is 1. The number of carboxylic acids is 1. The molecular formula is C20H30FN3O8. The number of amides is 2. The lowest BCUT2D eigenvalue weighted by Crippen LogP contribution is -2.58. The Morgan fingerprint density at radius 3 is 2.16 bits per heavy atom. The summed E-state index contributed by atoms with van der Waals surface area (Å²) in [6.07, 6.45) is -6.80. The van der Waals surface area contributed by atoms with E-state index in [2.05, 4.69) is 10.6 Å². The van der Waals surface area contributed by atoms with E-state index in [9.17, 15) is 39.2 Å². The maximum atomic E-state index is 12.4. The van der Waals surface area contributed by atoms with Crippen LogP contribution in [-0.4, -0.2) is 87.0 Å². The van der Waals surface area contributed by atoms with Crippen molar-refractivity contribution in [3.8, 4) is 0 Å². The average Bonchev–Trinajstić information content (AvgIpc) is 2.78. The number of alkyl halides is 1. The first kappa shape index (κ1) is 27.4. The van der Waals surface area contributed by atoms with Gasteiger partial charge in [-0.05, 0) is 18.4 Å². The quantitative estimate of drug-likeness (QED) is 0.154. The number of hydrogen-bond donors (Lipinski definition) is 8. The number of nitrogens with two attached hydrogens (primary N) is 1. The Labute approximate surface area is 184 Å². The Kier molecular flexibility index (Phi) is 11.7. The molecule has 180 valence electrons. The Morgan fingerprint density at radius 2 is 1.62 bits per heavy atom. The van der Waals surface area contributed by atoms with Gasteiger partial charge in [0.15, 0.2) is 6.10 Å². The number of carboxylic acid groups (broad SMARTS) is 1. The van der Waals surface area contributed by atoms with Crippen molar-refractivity contribution >= 4 is 17.8 Å². The molecule has 2 unspecified atom stereocenters. The molecule has 0 heterocycles. The van der Waals surface area contributed by atoms with Crippen molar-refractivity contribution in [2.24, 2.45) is 5.73 Å². The summed E-state index contributed by atoms with van der Waals surface area (Å²) in [5.41, 5.74) is 6.01. The van der Waals surface area contributed by atoms with Gasteiger partial charge in [0, 0.05) is 0 Å². The largest absolute Gasteiger partial charge is 0.481 e. The SMILES string of the molecule is NC(CCCF)C(=O)N[C@@H](CO)[C@@H](O)[C@@H](O)[C@H](O)C(=O)NC(CC(=O)O)c1ccccc1. The van der Waals surface area contributed by atoms with E-state index in [1.165, 1.54) is 0 Å². The standard InChI is InChI=1S/C20H30FN3O8/c21-8-4-7-12(22)19(31)24-14(10-25)16(28)17(29)18(30)20(32)23-13(9-15(26)27)11-5-2-1-3-6-11/h1-3,5-6,12-14,16-18,25,28-30H,4,7-10,22H2,(H,23,32)(H,24,31)(H,26,27)/t12?,13?,14-,16+,17+,18-/m0/s1. The third-order valence-corrected chi connectivity index (χ3v) is 4.76. The van der Waals surface area contributed by atoms with E-state index in [0.717, 1.165) is 0 Å². The molecule has 0 saturated carbocycles. The molecule has 0 bridgehead atoms. The highest BCUT2D eigenvalue weighted by Crippen LogP contribution is 2.17. The Bertz CT molecular complexity index is 739. The van der Waals surface area contributed by atoms with Crippen LogP contribution in [0.1, 0.15) is 30.9 Å². The predicted octanol–water partition coefficient (Wildman–Crippen LogP) is -2.04. The van der Waals surface area contributed by atoms with Gasteiger partial charge in [-0.1, -0.05) is 30.3 Å². The molecule has 2 amide bonds. The van der Waals surface area contributed by atoms with Crippen LogP contribution >= 0.6 is 0 Å². The number of aliphatic hydroxyl groups is 4. The second kappa shape index (κ2) is 13.7. The minimum atomic E-state index is -2.21. The molecule has 12 heteroatoms. The molecule has 6 atom stereocenters. The van der Waals surface area contributed by atoms with Gasteiger partial charge in [-0.15, -0.1) is 0 Å². The van der Waals surface area contributed by atoms with Crippen LogP contribution in [0.5, 0.6) is 0 Å². The number of aliphatic carboxylic acids is 1. The zero-order valence-corrected chi connectivity index (χ0v) is 17.3. The van der Waals surface area contributed by atoms with E-state index >= 15 is 0 Å². The normalized spacial score (nSPS) is 16.8. The van der Waals surface area contributed by atoms with Gasteiger partial charge in [0.05, 0.1) is 37.8 Å². The first-order chi connectivity index (χ1) is 15.1. The molecular weight excluding hydrogens is 429 g/mol. The molecule has 0 fully saturated rings. The molecule has 1 rings (SSSR count). The van der Waals surface area contributed by atoms with Crippen molar-refractivity contribution in [1.82, 2.24) is 10.6 Å². The Morgan fingerprint density at radius 1 is 1.00 bits per heavy atom. The van der Waals surface area contributed by atoms with E-state index in [4.69, 9.17) is 10.8 Å². The van der Waals surface area contributed by atoms with E-state index in [1.54, 1.807) is 30.3 Å². The molecule has 0 aromatic heterocycles. The van der Waals surface area contributed by atoms with E-state index in [1.807, 2.05) is 0 Å². The molecule has 1 aromatic rings. The number of nitrogens with one attached hydrogen (secondary N) is 2. The third kappa shape index (κ3) is 8.48. The molecule has 0 spiro atoms. The first-order valence-corrected chi connectivity index (χ1v) is 9.96. The van der Waals surface area contributed by atoms with Gasteiger partial charge in [-0.25, -0.2) is 0 Å². The number of aliphatic hydroxyl groups excluding tert-OH is 4. The van der Waals surface area contributed by atoms with Crippen LogP contribution in [0.3, 0.4) is 0 Å². The molecule has 1 aromatic carbocycles. The van der Waals surface area contributed by atoms with Crippen molar-refractivity contribution in [3.63, 3.8) is 0 Å². The lowest BCUT2D eigenvalue weighted by Gasteiger charge is -2.30. The smallest absolute Gasteiger partial charge is 0.305 e. The topological polar surface area (TPSA) is 202 Å². The van der Waals surface area contributed by atoms with Crippen molar-refractivity contribution in [2.45, 2.75) is 55.7 Å².